The highest BCUT2D eigenvalue weighted by Crippen LogP contribution is 2.15. The van der Waals surface area contributed by atoms with Gasteiger partial charge in [-0.05, 0) is 36.6 Å². The standard InChI is InChI=1S/C21H29N3O3S.HI/c1-17(19-8-5-4-6-9-19)27-15-7-14-23-21(22-2)24-16-18-10-12-20(13-11-18)28(3,25)26;/h4-6,8-13,17H,7,14-16H2,1-3H3,(H2,22,23,24);1H. The Labute approximate surface area is 191 Å². The van der Waals surface area contributed by atoms with E-state index in [4.69, 9.17) is 4.74 Å². The van der Waals surface area contributed by atoms with Crippen molar-refractivity contribution in [2.24, 2.45) is 4.99 Å². The highest BCUT2D eigenvalue weighted by atomic mass is 127. The first-order chi connectivity index (χ1) is 13.4. The summed E-state index contributed by atoms with van der Waals surface area (Å²) < 4.78 is 28.9. The lowest BCUT2D eigenvalue weighted by Crippen LogP contribution is -2.37. The zero-order chi connectivity index (χ0) is 20.4. The average molecular weight is 531 g/mol. The summed E-state index contributed by atoms with van der Waals surface area (Å²) in [6, 6.07) is 17.0. The normalized spacial score (nSPS) is 12.7. The second-order valence-corrected chi connectivity index (χ2v) is 8.56. The molecule has 0 bridgehead atoms. The molecule has 0 spiro atoms. The van der Waals surface area contributed by atoms with E-state index in [0.29, 0.717) is 24.0 Å². The summed E-state index contributed by atoms with van der Waals surface area (Å²) in [5, 5.41) is 6.47. The Morgan fingerprint density at radius 3 is 2.31 bits per heavy atom. The Morgan fingerprint density at radius 1 is 1.07 bits per heavy atom. The van der Waals surface area contributed by atoms with E-state index in [1.807, 2.05) is 18.2 Å². The van der Waals surface area contributed by atoms with Crippen LogP contribution in [0.4, 0.5) is 0 Å². The third-order valence-corrected chi connectivity index (χ3v) is 5.41. The van der Waals surface area contributed by atoms with Gasteiger partial charge in [0.05, 0.1) is 11.0 Å². The number of benzene rings is 2. The molecule has 0 heterocycles. The van der Waals surface area contributed by atoms with Crippen LogP contribution in [0.2, 0.25) is 0 Å². The lowest BCUT2D eigenvalue weighted by atomic mass is 10.1. The molecule has 0 amide bonds. The number of halogens is 1. The summed E-state index contributed by atoms with van der Waals surface area (Å²) in [4.78, 5) is 4.52. The van der Waals surface area contributed by atoms with Crippen LogP contribution in [0.5, 0.6) is 0 Å². The zero-order valence-corrected chi connectivity index (χ0v) is 20.2. The summed E-state index contributed by atoms with van der Waals surface area (Å²) in [7, 11) is -1.45. The predicted octanol–water partition coefficient (Wildman–Crippen LogP) is 3.54. The maximum Gasteiger partial charge on any atom is 0.191 e. The molecule has 0 saturated heterocycles. The van der Waals surface area contributed by atoms with Gasteiger partial charge in [-0.3, -0.25) is 4.99 Å². The molecule has 0 aliphatic carbocycles. The van der Waals surface area contributed by atoms with Crippen molar-refractivity contribution in [3.05, 3.63) is 65.7 Å². The third kappa shape index (κ3) is 9.14. The lowest BCUT2D eigenvalue weighted by molar-refractivity contribution is 0.0646. The van der Waals surface area contributed by atoms with Crippen LogP contribution >= 0.6 is 24.0 Å². The molecular weight excluding hydrogens is 501 g/mol. The summed E-state index contributed by atoms with van der Waals surface area (Å²) >= 11 is 0. The largest absolute Gasteiger partial charge is 0.374 e. The van der Waals surface area contributed by atoms with Gasteiger partial charge in [0, 0.05) is 33.0 Å². The van der Waals surface area contributed by atoms with Gasteiger partial charge in [0.1, 0.15) is 0 Å². The lowest BCUT2D eigenvalue weighted by Gasteiger charge is -2.15. The van der Waals surface area contributed by atoms with Crippen LogP contribution in [0.3, 0.4) is 0 Å². The number of ether oxygens (including phenoxy) is 1. The van der Waals surface area contributed by atoms with Crippen LogP contribution in [-0.4, -0.2) is 40.8 Å². The number of sulfone groups is 1. The van der Waals surface area contributed by atoms with E-state index in [1.54, 1.807) is 31.3 Å². The van der Waals surface area contributed by atoms with Crippen molar-refractivity contribution in [2.75, 3.05) is 26.5 Å². The van der Waals surface area contributed by atoms with Crippen molar-refractivity contribution < 1.29 is 13.2 Å². The van der Waals surface area contributed by atoms with Crippen LogP contribution in [-0.2, 0) is 21.1 Å². The Bertz CT molecular complexity index is 856. The Balaban J connectivity index is 0.00000420. The minimum Gasteiger partial charge on any atom is -0.374 e. The molecule has 2 rings (SSSR count). The number of nitrogens with one attached hydrogen (secondary N) is 2. The number of nitrogens with zero attached hydrogens (tertiary/aromatic N) is 1. The van der Waals surface area contributed by atoms with Gasteiger partial charge in [-0.1, -0.05) is 42.5 Å². The first-order valence-corrected chi connectivity index (χ1v) is 11.2. The van der Waals surface area contributed by atoms with Crippen LogP contribution in [0.15, 0.2) is 64.5 Å². The van der Waals surface area contributed by atoms with E-state index < -0.39 is 9.84 Å². The quantitative estimate of drug-likeness (QED) is 0.224. The molecule has 0 aliphatic heterocycles. The molecule has 0 fully saturated rings. The van der Waals surface area contributed by atoms with Crippen LogP contribution in [0.25, 0.3) is 0 Å². The topological polar surface area (TPSA) is 79.8 Å². The van der Waals surface area contributed by atoms with Gasteiger partial charge >= 0.3 is 0 Å². The van der Waals surface area contributed by atoms with Crippen LogP contribution in [0, 0.1) is 0 Å². The number of hydrogen-bond acceptors (Lipinski definition) is 4. The highest BCUT2D eigenvalue weighted by Gasteiger charge is 2.07. The van der Waals surface area contributed by atoms with Gasteiger partial charge in [-0.25, -0.2) is 8.42 Å². The SMILES string of the molecule is CN=C(NCCCOC(C)c1ccccc1)NCc1ccc(S(C)(=O)=O)cc1.I. The molecule has 2 aromatic rings. The molecule has 0 aromatic heterocycles. The molecule has 6 nitrogen and oxygen atoms in total. The second-order valence-electron chi connectivity index (χ2n) is 6.55. The maximum atomic E-state index is 11.5. The molecular formula is C21H30IN3O3S. The maximum absolute atomic E-state index is 11.5. The highest BCUT2D eigenvalue weighted by molar-refractivity contribution is 14.0. The monoisotopic (exact) mass is 531 g/mol. The van der Waals surface area contributed by atoms with Gasteiger partial charge in [-0.15, -0.1) is 24.0 Å². The van der Waals surface area contributed by atoms with Crippen LogP contribution in [0.1, 0.15) is 30.6 Å². The first-order valence-electron chi connectivity index (χ1n) is 9.30. The zero-order valence-electron chi connectivity index (χ0n) is 17.1. The van der Waals surface area contributed by atoms with Crippen molar-refractivity contribution in [1.82, 2.24) is 10.6 Å². The molecule has 0 radical (unpaired) electrons. The van der Waals surface area contributed by atoms with Gasteiger partial charge in [0.2, 0.25) is 0 Å². The van der Waals surface area contributed by atoms with Crippen LogP contribution < -0.4 is 10.6 Å². The fourth-order valence-corrected chi connectivity index (χ4v) is 3.25. The summed E-state index contributed by atoms with van der Waals surface area (Å²) in [6.45, 7) is 4.02. The summed E-state index contributed by atoms with van der Waals surface area (Å²) in [5.74, 6) is 0.697. The third-order valence-electron chi connectivity index (χ3n) is 4.29. The number of rotatable bonds is 9. The Morgan fingerprint density at radius 2 is 1.72 bits per heavy atom. The first kappa shape index (κ1) is 25.4. The number of aliphatic imine (C=N–C) groups is 1. The number of hydrogen-bond donors (Lipinski definition) is 2. The van der Waals surface area contributed by atoms with E-state index in [9.17, 15) is 8.42 Å². The molecule has 1 unspecified atom stereocenters. The van der Waals surface area contributed by atoms with E-state index >= 15 is 0 Å². The summed E-state index contributed by atoms with van der Waals surface area (Å²) in [5.41, 5.74) is 2.16. The second kappa shape index (κ2) is 12.8. The van der Waals surface area contributed by atoms with Crippen molar-refractivity contribution in [3.63, 3.8) is 0 Å². The molecule has 1 atom stereocenters. The predicted molar refractivity (Wildman–Crippen MR) is 129 cm³/mol. The molecule has 8 heteroatoms. The Kier molecular flexibility index (Phi) is 11.2. The smallest absolute Gasteiger partial charge is 0.191 e. The Hall–Kier alpha value is -1.65. The molecule has 0 aliphatic rings. The summed E-state index contributed by atoms with van der Waals surface area (Å²) in [6.07, 6.45) is 2.14. The molecule has 2 aromatic carbocycles. The van der Waals surface area contributed by atoms with E-state index in [2.05, 4.69) is 34.7 Å². The van der Waals surface area contributed by atoms with Gasteiger partial charge in [0.15, 0.2) is 15.8 Å². The number of guanidine groups is 1. The minimum atomic E-state index is -3.17. The van der Waals surface area contributed by atoms with Gasteiger partial charge < -0.3 is 15.4 Å². The van der Waals surface area contributed by atoms with E-state index in [1.165, 1.54) is 11.8 Å². The van der Waals surface area contributed by atoms with E-state index in [-0.39, 0.29) is 30.1 Å². The fraction of sp³-hybridized carbons (Fsp3) is 0.381. The van der Waals surface area contributed by atoms with Crippen molar-refractivity contribution >= 4 is 39.8 Å². The average Bonchev–Trinajstić information content (AvgIpc) is 2.70. The van der Waals surface area contributed by atoms with Crippen molar-refractivity contribution in [3.8, 4) is 0 Å². The van der Waals surface area contributed by atoms with E-state index in [0.717, 1.165) is 18.5 Å². The molecule has 160 valence electrons. The van der Waals surface area contributed by atoms with Gasteiger partial charge in [-0.2, -0.15) is 0 Å². The fourth-order valence-electron chi connectivity index (χ4n) is 2.62. The van der Waals surface area contributed by atoms with Crippen molar-refractivity contribution in [1.29, 1.82) is 0 Å². The van der Waals surface area contributed by atoms with Crippen molar-refractivity contribution in [2.45, 2.75) is 30.9 Å². The minimum absolute atomic E-state index is 0. The molecule has 0 saturated carbocycles. The molecule has 29 heavy (non-hydrogen) atoms. The molecule has 2 N–H and O–H groups in total. The van der Waals surface area contributed by atoms with Gasteiger partial charge in [0.25, 0.3) is 0 Å².